The third-order valence-corrected chi connectivity index (χ3v) is 2.71. The van der Waals surface area contributed by atoms with E-state index in [1.165, 1.54) is 7.11 Å². The Hall–Kier alpha value is -1.59. The van der Waals surface area contributed by atoms with Crippen molar-refractivity contribution in [2.45, 2.75) is 0 Å². The lowest BCUT2D eigenvalue weighted by Crippen LogP contribution is -2.03. The fourth-order valence-corrected chi connectivity index (χ4v) is 1.80. The molecule has 4 nitrogen and oxygen atoms in total. The van der Waals surface area contributed by atoms with E-state index in [9.17, 15) is 4.79 Å². The van der Waals surface area contributed by atoms with E-state index >= 15 is 0 Å². The number of hydrogen-bond donors (Lipinski definition) is 2. The molecular formula is C11H9ClN2O2S. The molecule has 2 N–H and O–H groups in total. The smallest absolute Gasteiger partial charge is 0.356 e. The minimum Gasteiger partial charge on any atom is -0.464 e. The molecule has 0 atom stereocenters. The quantitative estimate of drug-likeness (QED) is 0.650. The number of H-pyrrole nitrogens is 2. The topological polar surface area (TPSA) is 57.9 Å². The molecule has 0 saturated heterocycles. The maximum Gasteiger partial charge on any atom is 0.356 e. The second-order valence-electron chi connectivity index (χ2n) is 3.33. The fraction of sp³-hybridized carbons (Fsp3) is 0.0909. The average molecular weight is 269 g/mol. The highest BCUT2D eigenvalue weighted by Gasteiger charge is 2.15. The summed E-state index contributed by atoms with van der Waals surface area (Å²) in [7, 11) is 1.32. The number of aromatic amines is 2. The van der Waals surface area contributed by atoms with Crippen molar-refractivity contribution in [3.63, 3.8) is 0 Å². The number of ether oxygens (including phenoxy) is 1. The molecule has 0 amide bonds. The first-order valence-electron chi connectivity index (χ1n) is 4.78. The van der Waals surface area contributed by atoms with Crippen molar-refractivity contribution in [1.29, 1.82) is 0 Å². The predicted octanol–water partition coefficient (Wildman–Crippen LogP) is 3.18. The van der Waals surface area contributed by atoms with Crippen LogP contribution in [-0.2, 0) is 4.74 Å². The van der Waals surface area contributed by atoms with Crippen molar-refractivity contribution in [2.75, 3.05) is 7.11 Å². The summed E-state index contributed by atoms with van der Waals surface area (Å²) in [6.45, 7) is 0. The van der Waals surface area contributed by atoms with E-state index < -0.39 is 5.97 Å². The first-order chi connectivity index (χ1) is 8.11. The third-order valence-electron chi connectivity index (χ3n) is 2.25. The lowest BCUT2D eigenvalue weighted by Gasteiger charge is -2.01. The molecule has 0 bridgehead atoms. The van der Waals surface area contributed by atoms with Gasteiger partial charge in [0, 0.05) is 10.6 Å². The summed E-state index contributed by atoms with van der Waals surface area (Å²) in [6.07, 6.45) is 0. The number of nitrogens with one attached hydrogen (secondary N) is 2. The van der Waals surface area contributed by atoms with Gasteiger partial charge in [-0.05, 0) is 24.4 Å². The number of hydrogen-bond acceptors (Lipinski definition) is 3. The predicted molar refractivity (Wildman–Crippen MR) is 67.8 cm³/mol. The average Bonchev–Trinajstić information content (AvgIpc) is 2.71. The highest BCUT2D eigenvalue weighted by atomic mass is 35.5. The first kappa shape index (κ1) is 11.9. The van der Waals surface area contributed by atoms with E-state index in [4.69, 9.17) is 23.8 Å². The molecule has 6 heteroatoms. The van der Waals surface area contributed by atoms with Crippen LogP contribution in [0.1, 0.15) is 10.5 Å². The van der Waals surface area contributed by atoms with Crippen LogP contribution in [-0.4, -0.2) is 23.0 Å². The number of benzene rings is 1. The number of methoxy groups -OCH3 is 1. The van der Waals surface area contributed by atoms with Crippen molar-refractivity contribution in [2.24, 2.45) is 0 Å². The van der Waals surface area contributed by atoms with Gasteiger partial charge in [0.15, 0.2) is 10.5 Å². The van der Waals surface area contributed by atoms with Gasteiger partial charge in [-0.1, -0.05) is 23.7 Å². The van der Waals surface area contributed by atoms with Crippen LogP contribution in [0.5, 0.6) is 0 Å². The Morgan fingerprint density at radius 3 is 2.53 bits per heavy atom. The molecule has 2 rings (SSSR count). The maximum absolute atomic E-state index is 11.5. The molecule has 0 fully saturated rings. The van der Waals surface area contributed by atoms with Gasteiger partial charge < -0.3 is 14.7 Å². The Morgan fingerprint density at radius 1 is 1.29 bits per heavy atom. The van der Waals surface area contributed by atoms with Gasteiger partial charge in [0.2, 0.25) is 0 Å². The maximum atomic E-state index is 11.5. The highest BCUT2D eigenvalue weighted by molar-refractivity contribution is 7.71. The van der Waals surface area contributed by atoms with Crippen LogP contribution in [0.4, 0.5) is 0 Å². The zero-order valence-corrected chi connectivity index (χ0v) is 10.5. The van der Waals surface area contributed by atoms with Crippen LogP contribution in [0.3, 0.4) is 0 Å². The Balaban J connectivity index is 2.55. The zero-order valence-electron chi connectivity index (χ0n) is 8.91. The molecule has 1 heterocycles. The van der Waals surface area contributed by atoms with Crippen LogP contribution in [0.25, 0.3) is 11.3 Å². The third kappa shape index (κ3) is 2.40. The molecule has 0 spiro atoms. The summed E-state index contributed by atoms with van der Waals surface area (Å²) in [5.41, 5.74) is 1.71. The van der Waals surface area contributed by atoms with Crippen molar-refractivity contribution in [3.8, 4) is 11.3 Å². The van der Waals surface area contributed by atoms with Crippen LogP contribution >= 0.6 is 23.8 Å². The van der Waals surface area contributed by atoms with E-state index in [0.717, 1.165) is 5.56 Å². The van der Waals surface area contributed by atoms with Gasteiger partial charge >= 0.3 is 5.97 Å². The lowest BCUT2D eigenvalue weighted by molar-refractivity contribution is 0.0595. The Kier molecular flexibility index (Phi) is 3.31. The second kappa shape index (κ2) is 4.73. The van der Waals surface area contributed by atoms with Gasteiger partial charge in [-0.25, -0.2) is 4.79 Å². The first-order valence-corrected chi connectivity index (χ1v) is 5.57. The van der Waals surface area contributed by atoms with Crippen LogP contribution in [0.2, 0.25) is 5.02 Å². The van der Waals surface area contributed by atoms with Crippen molar-refractivity contribution in [3.05, 3.63) is 39.8 Å². The van der Waals surface area contributed by atoms with Gasteiger partial charge in [-0.15, -0.1) is 0 Å². The minimum atomic E-state index is -0.470. The van der Waals surface area contributed by atoms with Crippen molar-refractivity contribution >= 4 is 29.8 Å². The standard InChI is InChI=1S/C11H9ClN2O2S/c1-16-10(15)9-8(13-11(17)14-9)6-2-4-7(12)5-3-6/h2-5H,1H3,(H2,13,14,17). The zero-order chi connectivity index (χ0) is 12.4. The Bertz CT molecular complexity index is 601. The number of imidazole rings is 1. The molecule has 88 valence electrons. The van der Waals surface area contributed by atoms with E-state index in [2.05, 4.69) is 14.7 Å². The summed E-state index contributed by atoms with van der Waals surface area (Å²) in [5, 5.41) is 0.627. The largest absolute Gasteiger partial charge is 0.464 e. The summed E-state index contributed by atoms with van der Waals surface area (Å²) >= 11 is 10.8. The number of halogens is 1. The summed E-state index contributed by atoms with van der Waals surface area (Å²) in [4.78, 5) is 17.2. The SMILES string of the molecule is COC(=O)c1[nH]c(=S)[nH]c1-c1ccc(Cl)cc1. The van der Waals surface area contributed by atoms with E-state index in [0.29, 0.717) is 21.2 Å². The molecule has 1 aromatic carbocycles. The van der Waals surface area contributed by atoms with Crippen molar-refractivity contribution in [1.82, 2.24) is 9.97 Å². The number of esters is 1. The molecular weight excluding hydrogens is 260 g/mol. The number of carbonyl (C=O) groups is 1. The molecule has 17 heavy (non-hydrogen) atoms. The summed E-state index contributed by atoms with van der Waals surface area (Å²) < 4.78 is 5.04. The van der Waals surface area contributed by atoms with Crippen LogP contribution in [0.15, 0.2) is 24.3 Å². The summed E-state index contributed by atoms with van der Waals surface area (Å²) in [5.74, 6) is -0.470. The van der Waals surface area contributed by atoms with Crippen LogP contribution < -0.4 is 0 Å². The number of aromatic nitrogens is 2. The Morgan fingerprint density at radius 2 is 1.94 bits per heavy atom. The van der Waals surface area contributed by atoms with Crippen molar-refractivity contribution < 1.29 is 9.53 Å². The van der Waals surface area contributed by atoms with Crippen LogP contribution in [0, 0.1) is 4.77 Å². The minimum absolute atomic E-state index is 0.305. The second-order valence-corrected chi connectivity index (χ2v) is 4.17. The molecule has 0 aliphatic heterocycles. The number of carbonyl (C=O) groups excluding carboxylic acids is 1. The fourth-order valence-electron chi connectivity index (χ4n) is 1.47. The number of rotatable bonds is 2. The highest BCUT2D eigenvalue weighted by Crippen LogP contribution is 2.23. The molecule has 1 aromatic heterocycles. The molecule has 0 unspecified atom stereocenters. The molecule has 0 saturated carbocycles. The van der Waals surface area contributed by atoms with Gasteiger partial charge in [0.25, 0.3) is 0 Å². The molecule has 0 radical (unpaired) electrons. The summed E-state index contributed by atoms with van der Waals surface area (Å²) in [6, 6.07) is 7.07. The Labute approximate surface area is 108 Å². The molecule has 2 aromatic rings. The van der Waals surface area contributed by atoms with E-state index in [1.54, 1.807) is 24.3 Å². The van der Waals surface area contributed by atoms with Gasteiger partial charge in [-0.3, -0.25) is 0 Å². The van der Waals surface area contributed by atoms with E-state index in [1.807, 2.05) is 0 Å². The van der Waals surface area contributed by atoms with E-state index in [-0.39, 0.29) is 0 Å². The van der Waals surface area contributed by atoms with Gasteiger partial charge in [-0.2, -0.15) is 0 Å². The molecule has 0 aliphatic carbocycles. The van der Waals surface area contributed by atoms with Gasteiger partial charge in [0.05, 0.1) is 12.8 Å². The molecule has 0 aliphatic rings. The monoisotopic (exact) mass is 268 g/mol. The lowest BCUT2D eigenvalue weighted by atomic mass is 10.1. The normalized spacial score (nSPS) is 10.2. The van der Waals surface area contributed by atoms with Gasteiger partial charge in [0.1, 0.15) is 0 Å².